The van der Waals surface area contributed by atoms with E-state index >= 15 is 0 Å². The van der Waals surface area contributed by atoms with Crippen molar-refractivity contribution in [1.82, 2.24) is 9.13 Å². The Bertz CT molecular complexity index is 2920. The van der Waals surface area contributed by atoms with Gasteiger partial charge in [0.1, 0.15) is 6.07 Å². The fourth-order valence-corrected chi connectivity index (χ4v) is 7.41. The molecule has 2 heterocycles. The van der Waals surface area contributed by atoms with Gasteiger partial charge in [0.05, 0.1) is 57.2 Å². The van der Waals surface area contributed by atoms with Crippen molar-refractivity contribution in [2.45, 2.75) is 0 Å². The molecule has 0 bridgehead atoms. The van der Waals surface area contributed by atoms with Crippen molar-refractivity contribution >= 4 is 49.3 Å². The maximum absolute atomic E-state index is 10.3. The molecule has 5 nitrogen and oxygen atoms in total. The zero-order chi connectivity index (χ0) is 33.8. The normalized spacial score (nSPS) is 11.1. The highest BCUT2D eigenvalue weighted by Gasteiger charge is 2.19. The minimum Gasteiger partial charge on any atom is -0.318 e. The molecule has 0 aliphatic rings. The molecule has 0 radical (unpaired) electrons. The predicted molar refractivity (Wildman–Crippen MR) is 202 cm³/mol. The predicted octanol–water partition coefficient (Wildman–Crippen LogP) is 11.5. The Labute approximate surface area is 288 Å². The van der Waals surface area contributed by atoms with E-state index in [0.717, 1.165) is 77.2 Å². The standard InChI is InChI=1S/C45H25N5/c1-48-39-16-9-15-37-38-24-29(27-46)20-23-43(38)50(45(37)39)40-17-5-2-12-34(40)32-11-8-10-30(25-32)31-21-22-33(28-47)44(26-31)49-41-18-6-3-13-35(41)36-14-4-7-19-42(36)49/h2-26H. The average molecular weight is 636 g/mol. The molecule has 5 heteroatoms. The van der Waals surface area contributed by atoms with E-state index in [4.69, 9.17) is 6.57 Å². The molecule has 0 fully saturated rings. The maximum Gasteiger partial charge on any atom is 0.211 e. The van der Waals surface area contributed by atoms with Crippen LogP contribution >= 0.6 is 0 Å². The number of nitrogens with zero attached hydrogens (tertiary/aromatic N) is 5. The summed E-state index contributed by atoms with van der Waals surface area (Å²) in [6.07, 6.45) is 0. The average Bonchev–Trinajstić information content (AvgIpc) is 3.70. The molecule has 0 aliphatic heterocycles. The lowest BCUT2D eigenvalue weighted by molar-refractivity contribution is 1.17. The number of aromatic nitrogens is 2. The molecule has 7 aromatic carbocycles. The van der Waals surface area contributed by atoms with Crippen LogP contribution in [-0.4, -0.2) is 9.13 Å². The topological polar surface area (TPSA) is 61.8 Å². The zero-order valence-electron chi connectivity index (χ0n) is 26.7. The minimum atomic E-state index is 0.552. The number of fused-ring (bicyclic) bond motifs is 6. The van der Waals surface area contributed by atoms with Gasteiger partial charge in [0.25, 0.3) is 0 Å². The Balaban J connectivity index is 1.24. The van der Waals surface area contributed by atoms with Crippen LogP contribution in [0, 0.1) is 29.2 Å². The minimum absolute atomic E-state index is 0.552. The molecule has 0 aliphatic carbocycles. The van der Waals surface area contributed by atoms with Crippen LogP contribution in [0.3, 0.4) is 0 Å². The molecule has 9 rings (SSSR count). The van der Waals surface area contributed by atoms with E-state index in [1.54, 1.807) is 0 Å². The molecule has 50 heavy (non-hydrogen) atoms. The van der Waals surface area contributed by atoms with Gasteiger partial charge in [-0.2, -0.15) is 10.5 Å². The van der Waals surface area contributed by atoms with Crippen LogP contribution in [0.5, 0.6) is 0 Å². The van der Waals surface area contributed by atoms with E-state index in [0.29, 0.717) is 16.8 Å². The smallest absolute Gasteiger partial charge is 0.211 e. The Morgan fingerprint density at radius 2 is 1.14 bits per heavy atom. The van der Waals surface area contributed by atoms with E-state index in [-0.39, 0.29) is 0 Å². The maximum atomic E-state index is 10.3. The van der Waals surface area contributed by atoms with Gasteiger partial charge in [-0.15, -0.1) is 0 Å². The second kappa shape index (κ2) is 11.4. The molecule has 9 aromatic rings. The van der Waals surface area contributed by atoms with Crippen molar-refractivity contribution in [3.8, 4) is 45.8 Å². The zero-order valence-corrected chi connectivity index (χ0v) is 26.7. The Morgan fingerprint density at radius 1 is 0.480 bits per heavy atom. The van der Waals surface area contributed by atoms with Crippen molar-refractivity contribution in [2.24, 2.45) is 0 Å². The van der Waals surface area contributed by atoms with Gasteiger partial charge in [-0.25, -0.2) is 4.85 Å². The number of hydrogen-bond acceptors (Lipinski definition) is 2. The summed E-state index contributed by atoms with van der Waals surface area (Å²) < 4.78 is 4.35. The Morgan fingerprint density at radius 3 is 1.90 bits per heavy atom. The van der Waals surface area contributed by atoms with Gasteiger partial charge in [-0.05, 0) is 76.7 Å². The molecular weight excluding hydrogens is 611 g/mol. The summed E-state index contributed by atoms with van der Waals surface area (Å²) >= 11 is 0. The molecule has 230 valence electrons. The van der Waals surface area contributed by atoms with E-state index in [1.807, 2.05) is 72.8 Å². The third-order valence-corrected chi connectivity index (χ3v) is 9.61. The lowest BCUT2D eigenvalue weighted by atomic mass is 9.96. The van der Waals surface area contributed by atoms with E-state index in [2.05, 4.69) is 105 Å². The first kappa shape index (κ1) is 28.8. The van der Waals surface area contributed by atoms with Crippen LogP contribution in [0.15, 0.2) is 152 Å². The summed E-state index contributed by atoms with van der Waals surface area (Å²) in [6, 6.07) is 55.6. The molecule has 0 atom stereocenters. The first-order valence-corrected chi connectivity index (χ1v) is 16.3. The van der Waals surface area contributed by atoms with Crippen LogP contribution in [0.4, 0.5) is 5.69 Å². The third kappa shape index (κ3) is 4.31. The van der Waals surface area contributed by atoms with Gasteiger partial charge in [-0.3, -0.25) is 0 Å². The molecule has 0 unspecified atom stereocenters. The van der Waals surface area contributed by atoms with Crippen molar-refractivity contribution in [3.63, 3.8) is 0 Å². The van der Waals surface area contributed by atoms with Gasteiger partial charge in [0.15, 0.2) is 0 Å². The number of nitriles is 2. The van der Waals surface area contributed by atoms with Crippen molar-refractivity contribution < 1.29 is 0 Å². The van der Waals surface area contributed by atoms with Crippen LogP contribution < -0.4 is 0 Å². The third-order valence-electron chi connectivity index (χ3n) is 9.61. The lowest BCUT2D eigenvalue weighted by Crippen LogP contribution is -1.99. The number of para-hydroxylation sites is 4. The number of benzene rings is 7. The molecule has 2 aromatic heterocycles. The first-order valence-electron chi connectivity index (χ1n) is 16.3. The Kier molecular flexibility index (Phi) is 6.56. The number of rotatable bonds is 4. The molecular formula is C45H25N5. The summed E-state index contributed by atoms with van der Waals surface area (Å²) in [7, 11) is 0. The van der Waals surface area contributed by atoms with Gasteiger partial charge < -0.3 is 9.13 Å². The molecule has 0 saturated carbocycles. The molecule has 0 spiro atoms. The van der Waals surface area contributed by atoms with Gasteiger partial charge in [-0.1, -0.05) is 97.1 Å². The van der Waals surface area contributed by atoms with Gasteiger partial charge >= 0.3 is 0 Å². The SMILES string of the molecule is [C-]#[N+]c1cccc2c3cc(C#N)ccc3n(-c3ccccc3-c3cccc(-c4ccc(C#N)c(-n5c6ccccc6c6ccccc65)c4)c3)c12. The van der Waals surface area contributed by atoms with Crippen molar-refractivity contribution in [2.75, 3.05) is 0 Å². The summed E-state index contributed by atoms with van der Waals surface area (Å²) in [5, 5.41) is 24.1. The second-order valence-electron chi connectivity index (χ2n) is 12.3. The van der Waals surface area contributed by atoms with E-state index in [1.165, 1.54) is 0 Å². The quantitative estimate of drug-likeness (QED) is 0.181. The van der Waals surface area contributed by atoms with Crippen LogP contribution in [0.2, 0.25) is 0 Å². The van der Waals surface area contributed by atoms with E-state index < -0.39 is 0 Å². The van der Waals surface area contributed by atoms with Gasteiger partial charge in [0, 0.05) is 21.7 Å². The number of hydrogen-bond donors (Lipinski definition) is 0. The van der Waals surface area contributed by atoms with E-state index in [9.17, 15) is 10.5 Å². The largest absolute Gasteiger partial charge is 0.318 e. The van der Waals surface area contributed by atoms with Crippen molar-refractivity contribution in [1.29, 1.82) is 10.5 Å². The molecule has 0 saturated heterocycles. The summed E-state index contributed by atoms with van der Waals surface area (Å²) in [5.41, 5.74) is 11.4. The molecule has 0 amide bonds. The highest BCUT2D eigenvalue weighted by atomic mass is 15.0. The van der Waals surface area contributed by atoms with Crippen LogP contribution in [0.25, 0.3) is 82.1 Å². The lowest BCUT2D eigenvalue weighted by Gasteiger charge is -2.16. The fourth-order valence-electron chi connectivity index (χ4n) is 7.41. The second-order valence-corrected chi connectivity index (χ2v) is 12.3. The van der Waals surface area contributed by atoms with Crippen LogP contribution in [-0.2, 0) is 0 Å². The highest BCUT2D eigenvalue weighted by molar-refractivity contribution is 6.14. The van der Waals surface area contributed by atoms with Crippen LogP contribution in [0.1, 0.15) is 11.1 Å². The first-order chi connectivity index (χ1) is 24.7. The summed E-state index contributed by atoms with van der Waals surface area (Å²) in [4.78, 5) is 3.90. The molecule has 0 N–H and O–H groups in total. The van der Waals surface area contributed by atoms with Gasteiger partial charge in [0.2, 0.25) is 5.69 Å². The fraction of sp³-hybridized carbons (Fsp3) is 0. The highest BCUT2D eigenvalue weighted by Crippen LogP contribution is 2.41. The Hall–Kier alpha value is -7.39. The van der Waals surface area contributed by atoms with Crippen molar-refractivity contribution in [3.05, 3.63) is 174 Å². The summed E-state index contributed by atoms with van der Waals surface area (Å²) in [6.45, 7) is 8.00. The summed E-state index contributed by atoms with van der Waals surface area (Å²) in [5.74, 6) is 0. The monoisotopic (exact) mass is 635 g/mol.